The maximum atomic E-state index is 12.4. The average molecular weight is 405 g/mol. The smallest absolute Gasteiger partial charge is 0.262 e. The van der Waals surface area contributed by atoms with Gasteiger partial charge in [-0.25, -0.2) is 9.97 Å². The number of nitrogens with zero attached hydrogens (tertiary/aromatic N) is 2. The molecule has 0 aliphatic rings. The topological polar surface area (TPSA) is 73.3 Å². The van der Waals surface area contributed by atoms with Crippen LogP contribution in [-0.2, 0) is 4.79 Å². The molecule has 1 amide bonds. The zero-order chi connectivity index (χ0) is 20.2. The summed E-state index contributed by atoms with van der Waals surface area (Å²) in [6, 6.07) is 16.8. The van der Waals surface area contributed by atoms with E-state index in [9.17, 15) is 4.79 Å². The maximum Gasteiger partial charge on any atom is 0.262 e. The number of hydrogen-bond acceptors (Lipinski definition) is 6. The average Bonchev–Trinajstić information content (AvgIpc) is 3.18. The lowest BCUT2D eigenvalue weighted by Gasteiger charge is -2.11. The molecule has 6 nitrogen and oxygen atoms in total. The van der Waals surface area contributed by atoms with Crippen LogP contribution in [0.2, 0.25) is 0 Å². The van der Waals surface area contributed by atoms with Crippen molar-refractivity contribution in [2.45, 2.75) is 6.92 Å². The van der Waals surface area contributed by atoms with Gasteiger partial charge in [-0.3, -0.25) is 4.79 Å². The SMILES string of the molecule is COc1ccc(OCC(=O)Nc2cc(-c3nc4cccnc4s3)ccc2C)cc1. The van der Waals surface area contributed by atoms with Crippen LogP contribution in [0.4, 0.5) is 5.69 Å². The van der Waals surface area contributed by atoms with Crippen LogP contribution in [0.3, 0.4) is 0 Å². The van der Waals surface area contributed by atoms with Crippen molar-refractivity contribution in [3.8, 4) is 22.1 Å². The molecule has 0 radical (unpaired) electrons. The van der Waals surface area contributed by atoms with Gasteiger partial charge in [-0.05, 0) is 55.0 Å². The zero-order valence-corrected chi connectivity index (χ0v) is 16.8. The number of aromatic nitrogens is 2. The Morgan fingerprint density at radius 2 is 1.90 bits per heavy atom. The van der Waals surface area contributed by atoms with Gasteiger partial charge in [0.15, 0.2) is 6.61 Å². The Balaban J connectivity index is 1.46. The molecule has 2 aromatic carbocycles. The van der Waals surface area contributed by atoms with Crippen LogP contribution in [0, 0.1) is 6.92 Å². The summed E-state index contributed by atoms with van der Waals surface area (Å²) in [6.45, 7) is 1.87. The van der Waals surface area contributed by atoms with Crippen LogP contribution < -0.4 is 14.8 Å². The van der Waals surface area contributed by atoms with Gasteiger partial charge in [-0.15, -0.1) is 0 Å². The van der Waals surface area contributed by atoms with E-state index in [0.29, 0.717) is 5.75 Å². The van der Waals surface area contributed by atoms with E-state index in [4.69, 9.17) is 9.47 Å². The van der Waals surface area contributed by atoms with Crippen LogP contribution in [0.25, 0.3) is 20.9 Å². The fourth-order valence-corrected chi connectivity index (χ4v) is 3.69. The van der Waals surface area contributed by atoms with E-state index in [1.165, 1.54) is 11.3 Å². The molecule has 0 saturated heterocycles. The molecule has 0 fully saturated rings. The monoisotopic (exact) mass is 405 g/mol. The molecule has 0 aliphatic carbocycles. The molecular formula is C22H19N3O3S. The Morgan fingerprint density at radius 3 is 2.66 bits per heavy atom. The number of carbonyl (C=O) groups excluding carboxylic acids is 1. The largest absolute Gasteiger partial charge is 0.497 e. The highest BCUT2D eigenvalue weighted by Gasteiger charge is 2.11. The van der Waals surface area contributed by atoms with Crippen LogP contribution in [0.5, 0.6) is 11.5 Å². The van der Waals surface area contributed by atoms with E-state index in [1.807, 2.05) is 37.3 Å². The third-order valence-corrected chi connectivity index (χ3v) is 5.38. The first-order valence-electron chi connectivity index (χ1n) is 9.01. The number of amides is 1. The van der Waals surface area contributed by atoms with Crippen molar-refractivity contribution in [3.05, 3.63) is 66.4 Å². The molecular weight excluding hydrogens is 386 g/mol. The quantitative estimate of drug-likeness (QED) is 0.504. The van der Waals surface area contributed by atoms with Crippen molar-refractivity contribution in [2.24, 2.45) is 0 Å². The predicted octanol–water partition coefficient (Wildman–Crippen LogP) is 4.69. The Bertz CT molecular complexity index is 1120. The molecule has 4 rings (SSSR count). The lowest BCUT2D eigenvalue weighted by molar-refractivity contribution is -0.118. The van der Waals surface area contributed by atoms with Crippen molar-refractivity contribution >= 4 is 33.3 Å². The lowest BCUT2D eigenvalue weighted by Crippen LogP contribution is -2.20. The van der Waals surface area contributed by atoms with Crippen molar-refractivity contribution in [1.29, 1.82) is 0 Å². The summed E-state index contributed by atoms with van der Waals surface area (Å²) in [5.74, 6) is 1.11. The highest BCUT2D eigenvalue weighted by molar-refractivity contribution is 7.21. The molecule has 1 N–H and O–H groups in total. The van der Waals surface area contributed by atoms with Gasteiger partial charge in [-0.2, -0.15) is 0 Å². The maximum absolute atomic E-state index is 12.4. The van der Waals surface area contributed by atoms with Gasteiger partial charge in [-0.1, -0.05) is 23.5 Å². The van der Waals surface area contributed by atoms with Gasteiger partial charge >= 0.3 is 0 Å². The van der Waals surface area contributed by atoms with E-state index in [0.717, 1.165) is 37.9 Å². The fraction of sp³-hybridized carbons (Fsp3) is 0.136. The first kappa shape index (κ1) is 18.9. The lowest BCUT2D eigenvalue weighted by atomic mass is 10.1. The second-order valence-electron chi connectivity index (χ2n) is 6.39. The second kappa shape index (κ2) is 8.28. The minimum Gasteiger partial charge on any atom is -0.497 e. The molecule has 0 atom stereocenters. The summed E-state index contributed by atoms with van der Waals surface area (Å²) >= 11 is 1.52. The third-order valence-electron chi connectivity index (χ3n) is 4.35. The Kier molecular flexibility index (Phi) is 5.39. The van der Waals surface area contributed by atoms with Crippen molar-refractivity contribution in [3.63, 3.8) is 0 Å². The molecule has 7 heteroatoms. The van der Waals surface area contributed by atoms with Gasteiger partial charge < -0.3 is 14.8 Å². The van der Waals surface area contributed by atoms with E-state index in [-0.39, 0.29) is 12.5 Å². The minimum absolute atomic E-state index is 0.0823. The van der Waals surface area contributed by atoms with Gasteiger partial charge in [0.25, 0.3) is 5.91 Å². The number of rotatable bonds is 6. The number of carbonyl (C=O) groups is 1. The molecule has 29 heavy (non-hydrogen) atoms. The molecule has 146 valence electrons. The van der Waals surface area contributed by atoms with Gasteiger partial charge in [0.1, 0.15) is 26.9 Å². The third kappa shape index (κ3) is 4.35. The van der Waals surface area contributed by atoms with Gasteiger partial charge in [0.05, 0.1) is 7.11 Å². The first-order chi connectivity index (χ1) is 14.1. The van der Waals surface area contributed by atoms with E-state index in [1.54, 1.807) is 37.6 Å². The highest BCUT2D eigenvalue weighted by atomic mass is 32.1. The Hall–Kier alpha value is -3.45. The summed E-state index contributed by atoms with van der Waals surface area (Å²) in [5, 5.41) is 3.78. The van der Waals surface area contributed by atoms with Crippen molar-refractivity contribution in [2.75, 3.05) is 19.0 Å². The number of aryl methyl sites for hydroxylation is 1. The molecule has 0 aliphatic heterocycles. The number of benzene rings is 2. The van der Waals surface area contributed by atoms with Gasteiger partial charge in [0, 0.05) is 17.4 Å². The van der Waals surface area contributed by atoms with E-state index < -0.39 is 0 Å². The second-order valence-corrected chi connectivity index (χ2v) is 7.37. The van der Waals surface area contributed by atoms with Crippen LogP contribution in [-0.4, -0.2) is 29.6 Å². The summed E-state index contributed by atoms with van der Waals surface area (Å²) in [5.41, 5.74) is 3.50. The highest BCUT2D eigenvalue weighted by Crippen LogP contribution is 2.31. The summed E-state index contributed by atoms with van der Waals surface area (Å²) in [7, 11) is 1.60. The van der Waals surface area contributed by atoms with Gasteiger partial charge in [0.2, 0.25) is 0 Å². The molecule has 0 saturated carbocycles. The molecule has 2 aromatic heterocycles. The summed E-state index contributed by atoms with van der Waals surface area (Å²) in [6.07, 6.45) is 1.76. The number of methoxy groups -OCH3 is 1. The van der Waals surface area contributed by atoms with Crippen LogP contribution in [0.1, 0.15) is 5.56 Å². The van der Waals surface area contributed by atoms with Crippen LogP contribution in [0.15, 0.2) is 60.8 Å². The standard InChI is InChI=1S/C22H19N3O3S/c1-14-5-6-15(21-25-18-4-3-11-23-22(18)29-21)12-19(14)24-20(26)13-28-17-9-7-16(27-2)8-10-17/h3-12H,13H2,1-2H3,(H,24,26). The molecule has 0 spiro atoms. The van der Waals surface area contributed by atoms with E-state index in [2.05, 4.69) is 15.3 Å². The number of pyridine rings is 1. The fourth-order valence-electron chi connectivity index (χ4n) is 2.79. The number of thiazole rings is 1. The number of anilines is 1. The summed E-state index contributed by atoms with van der Waals surface area (Å²) in [4.78, 5) is 22.2. The van der Waals surface area contributed by atoms with Crippen molar-refractivity contribution in [1.82, 2.24) is 9.97 Å². The van der Waals surface area contributed by atoms with E-state index >= 15 is 0 Å². The Labute approximate surface area is 172 Å². The number of fused-ring (bicyclic) bond motifs is 1. The number of hydrogen-bond donors (Lipinski definition) is 1. The first-order valence-corrected chi connectivity index (χ1v) is 9.83. The predicted molar refractivity (Wildman–Crippen MR) is 115 cm³/mol. The normalized spacial score (nSPS) is 10.7. The molecule has 0 unspecified atom stereocenters. The molecule has 4 aromatic rings. The number of nitrogens with one attached hydrogen (secondary N) is 1. The minimum atomic E-state index is -0.230. The molecule has 2 heterocycles. The summed E-state index contributed by atoms with van der Waals surface area (Å²) < 4.78 is 10.7. The van der Waals surface area contributed by atoms with Crippen LogP contribution >= 0.6 is 11.3 Å². The number of ether oxygens (including phenoxy) is 2. The van der Waals surface area contributed by atoms with Crippen molar-refractivity contribution < 1.29 is 14.3 Å². The molecule has 0 bridgehead atoms. The Morgan fingerprint density at radius 1 is 1.10 bits per heavy atom. The zero-order valence-electron chi connectivity index (χ0n) is 16.0.